The van der Waals surface area contributed by atoms with E-state index in [9.17, 15) is 5.11 Å². The van der Waals surface area contributed by atoms with Gasteiger partial charge in [-0.25, -0.2) is 0 Å². The van der Waals surface area contributed by atoms with E-state index in [0.29, 0.717) is 0 Å². The van der Waals surface area contributed by atoms with Gasteiger partial charge in [-0.1, -0.05) is 67.2 Å². The molecule has 2 nitrogen and oxygen atoms in total. The van der Waals surface area contributed by atoms with Crippen LogP contribution in [0.5, 0.6) is 11.5 Å². The van der Waals surface area contributed by atoms with Gasteiger partial charge in [-0.3, -0.25) is 0 Å². The largest absolute Gasteiger partial charge is 0.507 e. The van der Waals surface area contributed by atoms with Crippen LogP contribution in [-0.2, 0) is 0 Å². The van der Waals surface area contributed by atoms with Gasteiger partial charge in [-0.2, -0.15) is 0 Å². The fraction of sp³-hybridized carbons (Fsp3) is 0.259. The van der Waals surface area contributed by atoms with Gasteiger partial charge >= 0.3 is 0 Å². The maximum absolute atomic E-state index is 10.2. The van der Waals surface area contributed by atoms with Crippen molar-refractivity contribution < 1.29 is 9.84 Å². The second-order valence-electron chi connectivity index (χ2n) is 7.79. The zero-order valence-corrected chi connectivity index (χ0v) is 18.0. The van der Waals surface area contributed by atoms with Gasteiger partial charge in [0.25, 0.3) is 0 Å². The number of phenolic OH excluding ortho intramolecular Hbond substituents is 1. The Hall–Kier alpha value is -3.00. The highest BCUT2D eigenvalue weighted by Crippen LogP contribution is 2.29. The average Bonchev–Trinajstić information content (AvgIpc) is 2.72. The Balaban J connectivity index is 2.16. The molecule has 0 aliphatic rings. The lowest BCUT2D eigenvalue weighted by molar-refractivity contribution is 0.415. The molecule has 0 saturated carbocycles. The van der Waals surface area contributed by atoms with Crippen molar-refractivity contribution in [1.82, 2.24) is 0 Å². The summed E-state index contributed by atoms with van der Waals surface area (Å²) in [6.45, 7) is 10.5. The third-order valence-electron chi connectivity index (χ3n) is 4.98. The number of allylic oxidation sites excluding steroid dienone is 4. The van der Waals surface area contributed by atoms with Crippen LogP contribution in [0.15, 0.2) is 72.8 Å². The molecule has 0 aliphatic heterocycles. The lowest BCUT2D eigenvalue weighted by Gasteiger charge is -2.20. The van der Waals surface area contributed by atoms with Crippen molar-refractivity contribution in [1.29, 1.82) is 0 Å². The van der Waals surface area contributed by atoms with Crippen molar-refractivity contribution in [2.24, 2.45) is 5.41 Å². The minimum atomic E-state index is -0.0665. The number of aromatic hydroxyl groups is 1. The third-order valence-corrected chi connectivity index (χ3v) is 4.98. The molecule has 0 aliphatic carbocycles. The second kappa shape index (κ2) is 10.5. The molecule has 2 aromatic rings. The van der Waals surface area contributed by atoms with Gasteiger partial charge in [0.15, 0.2) is 0 Å². The van der Waals surface area contributed by atoms with Crippen molar-refractivity contribution >= 4 is 18.2 Å². The van der Waals surface area contributed by atoms with Crippen LogP contribution in [0.2, 0.25) is 0 Å². The van der Waals surface area contributed by atoms with E-state index in [1.807, 2.05) is 54.6 Å². The summed E-state index contributed by atoms with van der Waals surface area (Å²) in [5.74, 6) is 1.09. The van der Waals surface area contributed by atoms with Gasteiger partial charge in [-0.05, 0) is 62.1 Å². The molecular weight excluding hydrogens is 356 g/mol. The Labute approximate surface area is 175 Å². The van der Waals surface area contributed by atoms with Crippen molar-refractivity contribution in [2.75, 3.05) is 7.11 Å². The highest BCUT2D eigenvalue weighted by molar-refractivity contribution is 5.74. The lowest BCUT2D eigenvalue weighted by Crippen LogP contribution is -2.08. The first-order chi connectivity index (χ1) is 13.8. The zero-order chi connectivity index (χ0) is 21.3. The first-order valence-electron chi connectivity index (χ1n) is 9.96. The Morgan fingerprint density at radius 2 is 1.72 bits per heavy atom. The molecule has 1 atom stereocenters. The Bertz CT molecular complexity index is 897. The van der Waals surface area contributed by atoms with E-state index in [1.54, 1.807) is 13.2 Å². The summed E-state index contributed by atoms with van der Waals surface area (Å²) in [6, 6.07) is 13.5. The molecule has 2 heteroatoms. The minimum Gasteiger partial charge on any atom is -0.507 e. The molecular formula is C27H32O2. The summed E-state index contributed by atoms with van der Waals surface area (Å²) >= 11 is 0. The average molecular weight is 389 g/mol. The normalized spacial score (nSPS) is 13.4. The van der Waals surface area contributed by atoms with Crippen LogP contribution in [0.25, 0.3) is 18.2 Å². The topological polar surface area (TPSA) is 29.5 Å². The standard InChI is InChI=1S/C27H32O2/c1-6-27(4,18-7-8-21(2)3)19-17-23-12-16-26(28)24(20-23)13-9-22-10-14-25(29-5)15-11-22/h6,8-17,19-20,28H,1,7,18H2,2-5H3/b13-9+,19-17+/t27-/m1/s1. The Kier molecular flexibility index (Phi) is 8.09. The quantitative estimate of drug-likeness (QED) is 0.355. The van der Waals surface area contributed by atoms with Crippen LogP contribution < -0.4 is 4.74 Å². The van der Waals surface area contributed by atoms with Crippen LogP contribution >= 0.6 is 0 Å². The first kappa shape index (κ1) is 22.3. The molecule has 0 fully saturated rings. The fourth-order valence-corrected chi connectivity index (χ4v) is 2.92. The summed E-state index contributed by atoms with van der Waals surface area (Å²) in [7, 11) is 1.65. The second-order valence-corrected chi connectivity index (χ2v) is 7.79. The summed E-state index contributed by atoms with van der Waals surface area (Å²) in [6.07, 6.45) is 14.5. The van der Waals surface area contributed by atoms with E-state index in [0.717, 1.165) is 35.3 Å². The van der Waals surface area contributed by atoms with Crippen LogP contribution in [0.3, 0.4) is 0 Å². The SMILES string of the molecule is C=C[C@@](C)(/C=C/c1ccc(O)c(/C=C/c2ccc(OC)cc2)c1)CCC=C(C)C. The number of methoxy groups -OCH3 is 1. The van der Waals surface area contributed by atoms with Gasteiger partial charge in [0.1, 0.15) is 11.5 Å². The highest BCUT2D eigenvalue weighted by atomic mass is 16.5. The van der Waals surface area contributed by atoms with E-state index in [-0.39, 0.29) is 11.2 Å². The number of benzene rings is 2. The van der Waals surface area contributed by atoms with Crippen LogP contribution in [0, 0.1) is 5.41 Å². The molecule has 0 radical (unpaired) electrons. The minimum absolute atomic E-state index is 0.0665. The number of hydrogen-bond acceptors (Lipinski definition) is 2. The predicted octanol–water partition coefficient (Wildman–Crippen LogP) is 7.52. The highest BCUT2D eigenvalue weighted by Gasteiger charge is 2.15. The lowest BCUT2D eigenvalue weighted by atomic mass is 9.84. The summed E-state index contributed by atoms with van der Waals surface area (Å²) in [5.41, 5.74) is 4.15. The molecule has 0 unspecified atom stereocenters. The molecule has 0 amide bonds. The van der Waals surface area contributed by atoms with E-state index in [1.165, 1.54) is 5.57 Å². The van der Waals surface area contributed by atoms with Gasteiger partial charge < -0.3 is 9.84 Å². The van der Waals surface area contributed by atoms with Crippen LogP contribution in [0.1, 0.15) is 50.3 Å². The van der Waals surface area contributed by atoms with Crippen molar-refractivity contribution in [3.8, 4) is 11.5 Å². The maximum atomic E-state index is 10.2. The number of rotatable bonds is 9. The molecule has 0 heterocycles. The van der Waals surface area contributed by atoms with Gasteiger partial charge in [0.05, 0.1) is 7.11 Å². The van der Waals surface area contributed by atoms with E-state index in [4.69, 9.17) is 4.74 Å². The number of ether oxygens (including phenoxy) is 1. The molecule has 1 N–H and O–H groups in total. The fourth-order valence-electron chi connectivity index (χ4n) is 2.92. The molecule has 0 spiro atoms. The molecule has 2 rings (SSSR count). The van der Waals surface area contributed by atoms with Gasteiger partial charge in [-0.15, -0.1) is 6.58 Å². The van der Waals surface area contributed by atoms with Gasteiger partial charge in [0, 0.05) is 11.0 Å². The molecule has 0 bridgehead atoms. The van der Waals surface area contributed by atoms with Crippen LogP contribution in [-0.4, -0.2) is 12.2 Å². The smallest absolute Gasteiger partial charge is 0.122 e. The van der Waals surface area contributed by atoms with Gasteiger partial charge in [0.2, 0.25) is 0 Å². The van der Waals surface area contributed by atoms with E-state index < -0.39 is 0 Å². The molecule has 0 saturated heterocycles. The number of phenols is 1. The summed E-state index contributed by atoms with van der Waals surface area (Å²) in [5, 5.41) is 10.2. The van der Waals surface area contributed by atoms with Crippen molar-refractivity contribution in [3.05, 3.63) is 89.5 Å². The van der Waals surface area contributed by atoms with E-state index in [2.05, 4.69) is 45.6 Å². The monoisotopic (exact) mass is 388 g/mol. The summed E-state index contributed by atoms with van der Waals surface area (Å²) in [4.78, 5) is 0. The molecule has 29 heavy (non-hydrogen) atoms. The first-order valence-corrected chi connectivity index (χ1v) is 9.96. The Morgan fingerprint density at radius 1 is 1.03 bits per heavy atom. The molecule has 0 aromatic heterocycles. The van der Waals surface area contributed by atoms with Crippen LogP contribution in [0.4, 0.5) is 0 Å². The maximum Gasteiger partial charge on any atom is 0.122 e. The van der Waals surface area contributed by atoms with Crippen molar-refractivity contribution in [2.45, 2.75) is 33.6 Å². The third kappa shape index (κ3) is 7.15. The molecule has 152 valence electrons. The Morgan fingerprint density at radius 3 is 2.34 bits per heavy atom. The number of hydrogen-bond donors (Lipinski definition) is 1. The molecule has 2 aromatic carbocycles. The van der Waals surface area contributed by atoms with Crippen molar-refractivity contribution in [3.63, 3.8) is 0 Å². The zero-order valence-electron chi connectivity index (χ0n) is 18.0. The summed E-state index contributed by atoms with van der Waals surface area (Å²) < 4.78 is 5.18. The predicted molar refractivity (Wildman–Crippen MR) is 126 cm³/mol. The van der Waals surface area contributed by atoms with E-state index >= 15 is 0 Å².